The molecule has 0 amide bonds. The molecule has 0 aliphatic heterocycles. The molecule has 5 N–H and O–H groups in total. The molecule has 0 aliphatic carbocycles. The number of hydrogen-bond acceptors (Lipinski definition) is 22. The summed E-state index contributed by atoms with van der Waals surface area (Å²) in [6.07, 6.45) is 10.6. The van der Waals surface area contributed by atoms with Gasteiger partial charge < -0.3 is 59.8 Å². The number of aliphatic hydroxyl groups is 2. The van der Waals surface area contributed by atoms with Crippen LogP contribution in [-0.2, 0) is 33.3 Å². The first kappa shape index (κ1) is 88.0. The van der Waals surface area contributed by atoms with Crippen LogP contribution >= 0.6 is 27.5 Å². The van der Waals surface area contributed by atoms with Gasteiger partial charge in [0.05, 0.1) is 74.5 Å². The van der Waals surface area contributed by atoms with E-state index < -0.39 is 69.0 Å². The number of carbonyl (C=O) groups excluding carboxylic acids is 2. The van der Waals surface area contributed by atoms with Crippen molar-refractivity contribution in [3.8, 4) is 90.1 Å². The van der Waals surface area contributed by atoms with Crippen LogP contribution in [0.15, 0.2) is 267 Å². The van der Waals surface area contributed by atoms with Gasteiger partial charge in [0.2, 0.25) is 0 Å². The molecule has 12 rings (SSSR count). The van der Waals surface area contributed by atoms with Gasteiger partial charge in [0.15, 0.2) is 0 Å². The van der Waals surface area contributed by atoms with E-state index in [-0.39, 0.29) is 110 Å². The largest absolute Gasteiger partial charge is 1.00 e. The summed E-state index contributed by atoms with van der Waals surface area (Å²) in [5.41, 5.74) is 11.7. The Kier molecular flexibility index (Phi) is 40.9. The summed E-state index contributed by atoms with van der Waals surface area (Å²) in [4.78, 5) is 74.8. The molecule has 0 saturated heterocycles. The Balaban J connectivity index is 0.000000328. The molecule has 0 bridgehead atoms. The number of unbranched alkanes of at least 4 members (excludes halogenated alkanes) is 4. The van der Waals surface area contributed by atoms with Gasteiger partial charge in [-0.1, -0.05) is 284 Å². The van der Waals surface area contributed by atoms with Crippen molar-refractivity contribution in [2.24, 2.45) is 0 Å². The van der Waals surface area contributed by atoms with Gasteiger partial charge in [-0.25, -0.2) is 29.5 Å². The molecular weight excluding hydrogens is 1760 g/mol. The number of carboxylic acid groups (broad SMARTS) is 1. The monoisotopic (exact) mass is 1900 g/mol. The molecule has 132 heavy (non-hydrogen) atoms. The third-order valence-corrected chi connectivity index (χ3v) is 19.1. The second-order valence-corrected chi connectivity index (χ2v) is 32.4. The molecule has 8 aromatic carbocycles. The number of carbonyl (C=O) groups is 3. The third kappa shape index (κ3) is 40.9. The maximum atomic E-state index is 11.8. The molecule has 0 aliphatic rings. The quantitative estimate of drug-likeness (QED) is 0.0121. The van der Waals surface area contributed by atoms with E-state index in [4.69, 9.17) is 87.7 Å². The van der Waals surface area contributed by atoms with Crippen LogP contribution in [-0.4, -0.2) is 185 Å². The number of alkyl halides is 1. The fraction of sp³-hybridized carbons (Fsp3) is 0.368. The molecule has 23 nitrogen and oxygen atoms in total. The molecule has 0 saturated carbocycles. The topological polar surface area (TPSA) is 304 Å². The van der Waals surface area contributed by atoms with Gasteiger partial charge in [0.25, 0.3) is 0 Å². The normalized spacial score (nSPS) is 14.8. The molecule has 698 valence electrons. The van der Waals surface area contributed by atoms with Crippen LogP contribution < -0.4 is 49.6 Å². The van der Waals surface area contributed by atoms with Crippen LogP contribution in [0.4, 0.5) is 17.5 Å². The van der Waals surface area contributed by atoms with Gasteiger partial charge in [-0.2, -0.15) is 0 Å². The van der Waals surface area contributed by atoms with E-state index >= 15 is 0 Å². The standard InChI is InChI=1S/C29H37N3O3.C25H29N3O3.C23H27N3O.C16H11ClN2.C7H17NO.C6H11BrO2.Na.H2O/c1-22(2)32(18-12-13-19-34-21-26(33)35-29(3,4)5)25-20-30-27(23-14-8-6-9-15-23)28(31-25)24-16-10-7-11-17-24;1-19(2)28(15-9-10-16-31-18-23(29)30)22-17-26-24(20-11-5-3-6-12-20)25(27-22)21-13-7-4-8-14-21;1-18(2)26(15-9-10-16-27)21-17-24-22(19-11-5-3-6-12-19)23(25-21)20-13-7-4-8-14-20;17-14-11-18-15(12-7-3-1-4-8-12)16(19-14)13-9-5-2-6-10-13;1-7(2)8-5-3-4-6-9;1-6(2,3)9-5(8)4-7;;/h6-11,14-17,20,22H,12-13,18-19,21H2,1-5H3;3-8,11-14,17,19H,9-10,15-16,18H2,1-2H3,(H,29,30);3-8,11-14,17-18,27H,9-10,15-16H2,1-2H3;1-11H;7-9H,3-6H2,1-2H3;4H2,1-3H3;;1H2/q;;;;;;+1;/p-1/i1D3,22D;1D3,19D;1D3,18D;;1D3,7D;;;. The number of hydrogen-bond donors (Lipinski definition) is 4. The number of benzene rings is 8. The van der Waals surface area contributed by atoms with Crippen LogP contribution in [0.2, 0.25) is 5.15 Å². The Morgan fingerprint density at radius 2 is 0.674 bits per heavy atom. The van der Waals surface area contributed by atoms with Crippen molar-refractivity contribution in [2.45, 2.75) is 183 Å². The number of halogens is 2. The number of rotatable bonds is 38. The summed E-state index contributed by atoms with van der Waals surface area (Å²) in [6.45, 7) is 7.47. The van der Waals surface area contributed by atoms with Crippen LogP contribution in [0.3, 0.4) is 0 Å². The fourth-order valence-electron chi connectivity index (χ4n) is 12.6. The van der Waals surface area contributed by atoms with Gasteiger partial charge in [0, 0.05) is 132 Å². The van der Waals surface area contributed by atoms with Crippen LogP contribution in [0.1, 0.15) is 170 Å². The van der Waals surface area contributed by atoms with E-state index in [1.807, 2.05) is 263 Å². The molecule has 12 aromatic rings. The fourth-order valence-corrected chi connectivity index (χ4v) is 12.8. The smallest absolute Gasteiger partial charge is 0.870 e. The molecule has 4 aromatic heterocycles. The Bertz CT molecular complexity index is 5940. The number of aliphatic hydroxyl groups excluding tert-OH is 2. The molecule has 0 radical (unpaired) electrons. The molecule has 26 heteroatoms. The van der Waals surface area contributed by atoms with Gasteiger partial charge in [-0.15, -0.1) is 0 Å². The first-order valence-corrected chi connectivity index (χ1v) is 44.5. The number of anilines is 3. The SMILES string of the molecule is CC(C)(C)OC(=O)CBr.Clc1cnc(-c2ccccc2)c(-c2ccccc2)n1.[2H]C([2H])([2H])C([2H])(C)N(CCCCO)c1cnc(-c2ccccc2)c(-c2ccccc2)n1.[2H]C([2H])([2H])C([2H])(C)N(CCCCOCC(=O)O)c1cnc(-c2ccccc2)c(-c2ccccc2)n1.[2H]C([2H])([2H])C([2H])(C)N(CCCCOCC(=O)OC(C)(C)C)c1cnc(-c2ccccc2)c(-c2ccccc2)n1.[2H]C([2H])([2H])C([2H])(C)NCCCCO.[Na+].[OH-]. The minimum absolute atomic E-state index is 0. The number of aromatic nitrogens is 8. The Labute approximate surface area is 840 Å². The molecule has 4 atom stereocenters. The van der Waals surface area contributed by atoms with E-state index in [0.717, 1.165) is 55.9 Å². The molecule has 4 unspecified atom stereocenters. The number of aliphatic carboxylic acids is 1. The first-order chi connectivity index (χ1) is 68.8. The number of nitrogens with zero attached hydrogens (tertiary/aromatic N) is 11. The van der Waals surface area contributed by atoms with Gasteiger partial charge in [-0.3, -0.25) is 24.7 Å². The summed E-state index contributed by atoms with van der Waals surface area (Å²) in [7, 11) is 0. The number of ether oxygens (including phenoxy) is 4. The minimum Gasteiger partial charge on any atom is -0.870 e. The summed E-state index contributed by atoms with van der Waals surface area (Å²) in [5.74, 6) is -0.796. The predicted octanol–water partition coefficient (Wildman–Crippen LogP) is 19.6. The number of nitrogens with one attached hydrogen (secondary N) is 1. The Morgan fingerprint density at radius 1 is 0.402 bits per heavy atom. The van der Waals surface area contributed by atoms with Gasteiger partial charge in [0.1, 0.15) is 52.4 Å². The van der Waals surface area contributed by atoms with Crippen molar-refractivity contribution >= 4 is 62.9 Å². The zero-order chi connectivity index (χ0) is 108. The molecule has 0 spiro atoms. The van der Waals surface area contributed by atoms with Gasteiger partial charge in [-0.05, 0) is 141 Å². The second kappa shape index (κ2) is 61.3. The van der Waals surface area contributed by atoms with Crippen molar-refractivity contribution in [1.29, 1.82) is 0 Å². The van der Waals surface area contributed by atoms with E-state index in [0.29, 0.717) is 115 Å². The third-order valence-electron chi connectivity index (χ3n) is 18.4. The zero-order valence-electron chi connectivity index (χ0n) is 93.2. The van der Waals surface area contributed by atoms with Crippen LogP contribution in [0.25, 0.3) is 90.1 Å². The van der Waals surface area contributed by atoms with Gasteiger partial charge >= 0.3 is 47.5 Å². The predicted molar refractivity (Wildman–Crippen MR) is 535 cm³/mol. The summed E-state index contributed by atoms with van der Waals surface area (Å²) < 4.78 is 147. The number of esters is 2. The maximum Gasteiger partial charge on any atom is 1.00 e. The Hall–Kier alpha value is -10.6. The van der Waals surface area contributed by atoms with Crippen molar-refractivity contribution in [3.63, 3.8) is 0 Å². The average Bonchev–Trinajstić information content (AvgIpc) is 0.772. The molecular formula is C106H133BrClN12NaO11. The van der Waals surface area contributed by atoms with Crippen LogP contribution in [0.5, 0.6) is 0 Å². The summed E-state index contributed by atoms with van der Waals surface area (Å²) in [5, 5.41) is 29.6. The van der Waals surface area contributed by atoms with Crippen molar-refractivity contribution in [2.75, 3.05) is 85.9 Å². The van der Waals surface area contributed by atoms with E-state index in [1.54, 1.807) is 27.0 Å². The zero-order valence-corrected chi connectivity index (χ0v) is 81.5. The van der Waals surface area contributed by atoms with E-state index in [2.05, 4.69) is 41.2 Å². The van der Waals surface area contributed by atoms with Crippen molar-refractivity contribution < 1.29 is 106 Å². The second-order valence-electron chi connectivity index (χ2n) is 31.4. The molecule has 4 heterocycles. The molecule has 0 fully saturated rings. The van der Waals surface area contributed by atoms with Crippen molar-refractivity contribution in [3.05, 3.63) is 273 Å². The van der Waals surface area contributed by atoms with Crippen molar-refractivity contribution in [1.82, 2.24) is 45.2 Å². The first-order valence-electron chi connectivity index (χ1n) is 51.0. The summed E-state index contributed by atoms with van der Waals surface area (Å²) >= 11 is 8.97. The van der Waals surface area contributed by atoms with E-state index in [9.17, 15) is 14.4 Å². The minimum atomic E-state index is -2.61. The van der Waals surface area contributed by atoms with Crippen LogP contribution in [0, 0.1) is 0 Å². The number of carboxylic acids is 1. The summed E-state index contributed by atoms with van der Waals surface area (Å²) in [6, 6.07) is 70.2. The van der Waals surface area contributed by atoms with E-state index in [1.165, 1.54) is 61.0 Å². The maximum absolute atomic E-state index is 11.8. The average molecular weight is 1910 g/mol. The Morgan fingerprint density at radius 3 is 0.947 bits per heavy atom.